The van der Waals surface area contributed by atoms with E-state index in [1.165, 1.54) is 37.5 Å². The lowest BCUT2D eigenvalue weighted by Crippen LogP contribution is -2.43. The van der Waals surface area contributed by atoms with Gasteiger partial charge in [-0.25, -0.2) is 17.5 Å². The maximum Gasteiger partial charge on any atom is 0.336 e. The molecular weight excluding hydrogens is 486 g/mol. The molecule has 1 saturated carbocycles. The highest BCUT2D eigenvalue weighted by atomic mass is 35.5. The molecule has 0 unspecified atom stereocenters. The molecule has 0 aromatic heterocycles. The fourth-order valence-corrected chi connectivity index (χ4v) is 6.47. The molecular formula is C26H30ClN3O4S. The second-order valence-corrected chi connectivity index (χ2v) is 11.3. The molecule has 0 saturated heterocycles. The first-order valence-corrected chi connectivity index (χ1v) is 13.8. The number of carbonyl (C=O) groups excluding carboxylic acids is 2. The van der Waals surface area contributed by atoms with Crippen molar-refractivity contribution in [3.05, 3.63) is 71.3 Å². The third-order valence-corrected chi connectivity index (χ3v) is 8.61. The van der Waals surface area contributed by atoms with E-state index in [1.807, 2.05) is 4.90 Å². The van der Waals surface area contributed by atoms with Crippen molar-refractivity contribution < 1.29 is 18.0 Å². The van der Waals surface area contributed by atoms with Gasteiger partial charge in [-0.05, 0) is 48.7 Å². The lowest BCUT2D eigenvalue weighted by Gasteiger charge is -2.32. The number of halogens is 1. The van der Waals surface area contributed by atoms with Gasteiger partial charge in [0.05, 0.1) is 12.2 Å². The van der Waals surface area contributed by atoms with Crippen LogP contribution < -0.4 is 5.32 Å². The summed E-state index contributed by atoms with van der Waals surface area (Å²) < 4.78 is 26.9. The summed E-state index contributed by atoms with van der Waals surface area (Å²) in [4.78, 5) is 27.8. The first-order chi connectivity index (χ1) is 16.8. The van der Waals surface area contributed by atoms with Crippen LogP contribution in [0, 0.1) is 0 Å². The van der Waals surface area contributed by atoms with Crippen LogP contribution in [-0.4, -0.2) is 42.1 Å². The summed E-state index contributed by atoms with van der Waals surface area (Å²) in [5.41, 5.74) is 1.32. The van der Waals surface area contributed by atoms with Crippen molar-refractivity contribution in [1.82, 2.24) is 9.21 Å². The monoisotopic (exact) mass is 515 g/mol. The molecule has 1 aliphatic heterocycles. The first kappa shape index (κ1) is 25.3. The van der Waals surface area contributed by atoms with Crippen LogP contribution in [0.3, 0.4) is 0 Å². The Kier molecular flexibility index (Phi) is 7.82. The van der Waals surface area contributed by atoms with E-state index in [9.17, 15) is 18.0 Å². The minimum atomic E-state index is -4.07. The molecule has 0 atom stereocenters. The lowest BCUT2D eigenvalue weighted by atomic mass is 9.95. The minimum Gasteiger partial charge on any atom is -0.332 e. The van der Waals surface area contributed by atoms with Gasteiger partial charge in [-0.2, -0.15) is 0 Å². The van der Waals surface area contributed by atoms with Crippen LogP contribution in [-0.2, 0) is 16.6 Å². The number of benzene rings is 2. The third kappa shape index (κ3) is 5.54. The van der Waals surface area contributed by atoms with Gasteiger partial charge in [0.2, 0.25) is 0 Å². The van der Waals surface area contributed by atoms with Crippen molar-refractivity contribution in [2.75, 3.05) is 11.9 Å². The molecule has 1 heterocycles. The van der Waals surface area contributed by atoms with Crippen molar-refractivity contribution in [2.24, 2.45) is 0 Å². The van der Waals surface area contributed by atoms with Crippen molar-refractivity contribution in [2.45, 2.75) is 62.4 Å². The molecule has 0 radical (unpaired) electrons. The number of hydrogen-bond acceptors (Lipinski definition) is 4. The molecule has 1 fully saturated rings. The van der Waals surface area contributed by atoms with Gasteiger partial charge in [0.15, 0.2) is 0 Å². The van der Waals surface area contributed by atoms with Crippen LogP contribution in [0.5, 0.6) is 0 Å². The van der Waals surface area contributed by atoms with Crippen molar-refractivity contribution in [1.29, 1.82) is 0 Å². The zero-order chi connectivity index (χ0) is 25.0. The molecule has 0 spiro atoms. The predicted octanol–water partition coefficient (Wildman–Crippen LogP) is 5.82. The van der Waals surface area contributed by atoms with Gasteiger partial charge in [0.25, 0.3) is 15.9 Å². The Balaban J connectivity index is 1.51. The Morgan fingerprint density at radius 3 is 2.40 bits per heavy atom. The van der Waals surface area contributed by atoms with Crippen LogP contribution in [0.15, 0.2) is 60.0 Å². The van der Waals surface area contributed by atoms with Gasteiger partial charge in [0.1, 0.15) is 4.90 Å². The largest absolute Gasteiger partial charge is 0.336 e. The van der Waals surface area contributed by atoms with Crippen LogP contribution in [0.25, 0.3) is 0 Å². The molecule has 9 heteroatoms. The number of urea groups is 1. The summed E-state index contributed by atoms with van der Waals surface area (Å²) in [6, 6.07) is 10.5. The summed E-state index contributed by atoms with van der Waals surface area (Å²) in [5.74, 6) is -0.0612. The molecule has 186 valence electrons. The number of nitrogens with zero attached hydrogens (tertiary/aromatic N) is 2. The molecule has 0 bridgehead atoms. The summed E-state index contributed by atoms with van der Waals surface area (Å²) in [7, 11) is -4.07. The van der Waals surface area contributed by atoms with E-state index in [1.54, 1.807) is 30.3 Å². The number of fused-ring (bicyclic) bond motifs is 1. The van der Waals surface area contributed by atoms with E-state index in [4.69, 9.17) is 11.6 Å². The average molecular weight is 516 g/mol. The number of carbonyl (C=O) groups is 2. The fraction of sp³-hybridized carbons (Fsp3) is 0.385. The van der Waals surface area contributed by atoms with Crippen LogP contribution >= 0.6 is 11.6 Å². The molecule has 1 N–H and O–H groups in total. The van der Waals surface area contributed by atoms with E-state index in [-0.39, 0.29) is 34.1 Å². The molecule has 1 aliphatic carbocycles. The van der Waals surface area contributed by atoms with Crippen molar-refractivity contribution in [3.63, 3.8) is 0 Å². The highest BCUT2D eigenvalue weighted by Crippen LogP contribution is 2.33. The van der Waals surface area contributed by atoms with Gasteiger partial charge in [0, 0.05) is 23.2 Å². The lowest BCUT2D eigenvalue weighted by molar-refractivity contribution is 0.0674. The van der Waals surface area contributed by atoms with Gasteiger partial charge < -0.3 is 10.2 Å². The number of nitrogens with one attached hydrogen (secondary N) is 1. The van der Waals surface area contributed by atoms with E-state index in [0.717, 1.165) is 30.0 Å². The molecule has 4 rings (SSSR count). The normalized spacial score (nSPS) is 18.1. The molecule has 2 aromatic rings. The summed E-state index contributed by atoms with van der Waals surface area (Å²) in [5, 5.41) is 2.86. The Labute approximate surface area is 211 Å². The van der Waals surface area contributed by atoms with Crippen molar-refractivity contribution in [3.8, 4) is 0 Å². The summed E-state index contributed by atoms with van der Waals surface area (Å²) in [6.07, 6.45) is 9.63. The quantitative estimate of drug-likeness (QED) is 0.491. The Morgan fingerprint density at radius 1 is 1.09 bits per heavy atom. The Bertz CT molecular complexity index is 1210. The highest BCUT2D eigenvalue weighted by molar-refractivity contribution is 7.90. The number of sulfonamides is 1. The second kappa shape index (κ2) is 10.8. The van der Waals surface area contributed by atoms with Gasteiger partial charge >= 0.3 is 6.03 Å². The van der Waals surface area contributed by atoms with E-state index >= 15 is 0 Å². The topological polar surface area (TPSA) is 86.8 Å². The van der Waals surface area contributed by atoms with Gasteiger partial charge in [-0.3, -0.25) is 4.79 Å². The van der Waals surface area contributed by atoms with E-state index in [2.05, 4.69) is 11.9 Å². The average Bonchev–Trinajstić information content (AvgIpc) is 2.81. The minimum absolute atomic E-state index is 0.0457. The zero-order valence-corrected chi connectivity index (χ0v) is 21.2. The van der Waals surface area contributed by atoms with Gasteiger partial charge in [-0.15, -0.1) is 6.58 Å². The van der Waals surface area contributed by atoms with Crippen LogP contribution in [0.4, 0.5) is 10.5 Å². The number of rotatable bonds is 6. The molecule has 35 heavy (non-hydrogen) atoms. The number of hydrogen-bond donors (Lipinski definition) is 1. The van der Waals surface area contributed by atoms with Crippen molar-refractivity contribution >= 4 is 39.2 Å². The maximum atomic E-state index is 13.4. The molecule has 2 aliphatic rings. The highest BCUT2D eigenvalue weighted by Gasteiger charge is 2.37. The van der Waals surface area contributed by atoms with Crippen LogP contribution in [0.1, 0.15) is 60.9 Å². The maximum absolute atomic E-state index is 13.4. The summed E-state index contributed by atoms with van der Waals surface area (Å²) >= 11 is 5.98. The summed E-state index contributed by atoms with van der Waals surface area (Å²) in [6.45, 7) is 4.16. The van der Waals surface area contributed by atoms with E-state index < -0.39 is 16.1 Å². The number of anilines is 1. The smallest absolute Gasteiger partial charge is 0.332 e. The fourth-order valence-electron chi connectivity index (χ4n) is 4.74. The molecule has 7 nitrogen and oxygen atoms in total. The zero-order valence-electron chi connectivity index (χ0n) is 19.6. The van der Waals surface area contributed by atoms with Crippen LogP contribution in [0.2, 0.25) is 5.02 Å². The van der Waals surface area contributed by atoms with Gasteiger partial charge in [-0.1, -0.05) is 61.9 Å². The standard InChI is InChI=1S/C26H30ClN3O4S/c1-2-16-29(22-8-6-4-3-5-7-9-22)25(31)20-12-10-19(11-13-20)18-30-26(32)28-23-15-14-21(27)17-24(23)35(30,33)34/h2,10-15,17,22H,1,3-9,16,18H2,(H,28,32). The molecule has 2 aromatic carbocycles. The third-order valence-electron chi connectivity index (χ3n) is 6.61. The van der Waals surface area contributed by atoms with E-state index in [0.29, 0.717) is 17.7 Å². The number of amides is 3. The first-order valence-electron chi connectivity index (χ1n) is 12.0. The second-order valence-electron chi connectivity index (χ2n) is 9.02. The predicted molar refractivity (Wildman–Crippen MR) is 137 cm³/mol. The Morgan fingerprint density at radius 2 is 1.74 bits per heavy atom. The molecule has 3 amide bonds. The SMILES string of the molecule is C=CCN(C(=O)c1ccc(CN2C(=O)Nc3ccc(Cl)cc3S2(=O)=O)cc1)C1CCCCCCC1. The Hall–Kier alpha value is -2.84.